The van der Waals surface area contributed by atoms with Gasteiger partial charge in [0.05, 0.1) is 24.5 Å². The van der Waals surface area contributed by atoms with Crippen molar-refractivity contribution in [1.29, 1.82) is 0 Å². The molecule has 0 spiro atoms. The summed E-state index contributed by atoms with van der Waals surface area (Å²) in [5.74, 6) is -2.20. The van der Waals surface area contributed by atoms with Gasteiger partial charge in [0.1, 0.15) is 5.70 Å². The fraction of sp³-hybridized carbons (Fsp3) is 0.727. The average Bonchev–Trinajstić information content (AvgIpc) is 3.46. The second-order valence-electron chi connectivity index (χ2n) is 9.69. The van der Waals surface area contributed by atoms with Gasteiger partial charge >= 0.3 is 5.97 Å². The van der Waals surface area contributed by atoms with Crippen molar-refractivity contribution in [1.82, 2.24) is 25.8 Å². The minimum Gasteiger partial charge on any atom is -0.477 e. The Morgan fingerprint density at radius 2 is 2.09 bits per heavy atom. The first-order valence-electron chi connectivity index (χ1n) is 11.8. The van der Waals surface area contributed by atoms with E-state index in [0.29, 0.717) is 31.0 Å². The lowest BCUT2D eigenvalue weighted by atomic mass is 9.78. The van der Waals surface area contributed by atoms with Crippen LogP contribution in [0.1, 0.15) is 26.7 Å². The molecule has 4 aliphatic rings. The van der Waals surface area contributed by atoms with Crippen LogP contribution in [0.5, 0.6) is 0 Å². The van der Waals surface area contributed by atoms with Gasteiger partial charge in [-0.15, -0.1) is 11.8 Å². The first-order chi connectivity index (χ1) is 16.1. The van der Waals surface area contributed by atoms with E-state index in [-0.39, 0.29) is 59.3 Å². The molecule has 4 rings (SSSR count). The average molecular weight is 495 g/mol. The minimum atomic E-state index is -1.12. The Kier molecular flexibility index (Phi) is 7.22. The quantitative estimate of drug-likeness (QED) is 0.254. The number of β-lactam (4-membered cyclic amide) rings is 1. The maximum absolute atomic E-state index is 13.0. The van der Waals surface area contributed by atoms with Crippen molar-refractivity contribution in [3.63, 3.8) is 0 Å². The molecule has 3 saturated heterocycles. The van der Waals surface area contributed by atoms with E-state index < -0.39 is 17.9 Å². The van der Waals surface area contributed by atoms with Crippen molar-refractivity contribution < 1.29 is 24.3 Å². The largest absolute Gasteiger partial charge is 0.477 e. The molecule has 0 saturated carbocycles. The van der Waals surface area contributed by atoms with Crippen molar-refractivity contribution in [2.24, 2.45) is 17.6 Å². The summed E-state index contributed by atoms with van der Waals surface area (Å²) < 4.78 is 0. The van der Waals surface area contributed by atoms with Gasteiger partial charge in [-0.25, -0.2) is 4.79 Å². The van der Waals surface area contributed by atoms with E-state index in [2.05, 4.69) is 16.0 Å². The van der Waals surface area contributed by atoms with E-state index in [0.717, 1.165) is 6.42 Å². The normalized spacial score (nSPS) is 33.7. The fourth-order valence-electron chi connectivity index (χ4n) is 5.62. The zero-order valence-corrected chi connectivity index (χ0v) is 20.6. The van der Waals surface area contributed by atoms with Crippen molar-refractivity contribution in [2.45, 2.75) is 56.1 Å². The Morgan fingerprint density at radius 3 is 2.71 bits per heavy atom. The molecule has 12 heteroatoms. The minimum absolute atomic E-state index is 0.0250. The number of nitrogens with two attached hydrogens (primary N) is 1. The zero-order valence-electron chi connectivity index (χ0n) is 19.7. The van der Waals surface area contributed by atoms with Crippen LogP contribution in [0, 0.1) is 11.8 Å². The molecule has 188 valence electrons. The number of rotatable bonds is 8. The number of carboxylic acid groups (broad SMARTS) is 1. The lowest BCUT2D eigenvalue weighted by Crippen LogP contribution is -2.66. The lowest BCUT2D eigenvalue weighted by molar-refractivity contribution is -0.158. The number of carboxylic acids is 1. The molecule has 34 heavy (non-hydrogen) atoms. The molecule has 0 aromatic rings. The summed E-state index contributed by atoms with van der Waals surface area (Å²) in [6.07, 6.45) is 1.40. The molecule has 0 aliphatic carbocycles. The molecule has 3 fully saturated rings. The van der Waals surface area contributed by atoms with Crippen LogP contribution in [0.2, 0.25) is 0 Å². The molecule has 3 amide bonds. The highest BCUT2D eigenvalue weighted by Gasteiger charge is 2.60. The molecule has 0 bridgehead atoms. The first kappa shape index (κ1) is 25.0. The number of hydrogen-bond acceptors (Lipinski definition) is 8. The van der Waals surface area contributed by atoms with Gasteiger partial charge in [-0.2, -0.15) is 0 Å². The number of likely N-dealkylation sites (N-methyl/N-ethyl adjacent to an activating group) is 1. The molecule has 11 nitrogen and oxygen atoms in total. The maximum atomic E-state index is 13.0. The third kappa shape index (κ3) is 4.43. The van der Waals surface area contributed by atoms with Crippen LogP contribution in [-0.2, 0) is 19.2 Å². The maximum Gasteiger partial charge on any atom is 0.353 e. The highest BCUT2D eigenvalue weighted by molar-refractivity contribution is 8.03. The number of aliphatic carboxylic acids is 1. The summed E-state index contributed by atoms with van der Waals surface area (Å²) in [6, 6.07) is -0.983. The topological polar surface area (TPSA) is 157 Å². The molecular formula is C22H34N6O5S. The van der Waals surface area contributed by atoms with Crippen molar-refractivity contribution in [2.75, 3.05) is 33.2 Å². The summed E-state index contributed by atoms with van der Waals surface area (Å²) in [5.41, 5.74) is 5.97. The van der Waals surface area contributed by atoms with Gasteiger partial charge in [0.15, 0.2) is 0 Å². The number of hydrogen-bond donors (Lipinski definition) is 5. The van der Waals surface area contributed by atoms with E-state index in [9.17, 15) is 24.3 Å². The van der Waals surface area contributed by atoms with Crippen molar-refractivity contribution >= 4 is 35.5 Å². The van der Waals surface area contributed by atoms with Gasteiger partial charge in [-0.3, -0.25) is 14.4 Å². The van der Waals surface area contributed by atoms with Crippen LogP contribution in [0.4, 0.5) is 0 Å². The molecule has 6 N–H and O–H groups in total. The van der Waals surface area contributed by atoms with Gasteiger partial charge in [0, 0.05) is 47.8 Å². The summed E-state index contributed by atoms with van der Waals surface area (Å²) in [4.78, 5) is 53.8. The Morgan fingerprint density at radius 1 is 1.35 bits per heavy atom. The predicted molar refractivity (Wildman–Crippen MR) is 126 cm³/mol. The van der Waals surface area contributed by atoms with Crippen LogP contribution >= 0.6 is 11.8 Å². The second-order valence-corrected chi connectivity index (χ2v) is 11.0. The van der Waals surface area contributed by atoms with E-state index >= 15 is 0 Å². The molecule has 0 aromatic heterocycles. The predicted octanol–water partition coefficient (Wildman–Crippen LogP) is -1.49. The van der Waals surface area contributed by atoms with Crippen LogP contribution in [-0.4, -0.2) is 101 Å². The number of likely N-dealkylation sites (tertiary alicyclic amines) is 1. The highest BCUT2D eigenvalue weighted by Crippen LogP contribution is 2.51. The summed E-state index contributed by atoms with van der Waals surface area (Å²) in [5, 5.41) is 18.9. The van der Waals surface area contributed by atoms with E-state index in [4.69, 9.17) is 5.73 Å². The Bertz CT molecular complexity index is 912. The Hall–Kier alpha value is -2.15. The van der Waals surface area contributed by atoms with Crippen LogP contribution in [0.25, 0.3) is 0 Å². The Labute approximate surface area is 203 Å². The molecule has 4 unspecified atom stereocenters. The molecule has 4 heterocycles. The van der Waals surface area contributed by atoms with Gasteiger partial charge in [0.2, 0.25) is 17.7 Å². The van der Waals surface area contributed by atoms with Crippen LogP contribution in [0.15, 0.2) is 10.6 Å². The Balaban J connectivity index is 1.43. The number of fused-ring (bicyclic) bond motifs is 1. The van der Waals surface area contributed by atoms with Gasteiger partial charge in [0.25, 0.3) is 0 Å². The molecule has 0 aromatic carbocycles. The SMILES string of the molecule is CNCC(=O)NC(C)C1C(=O)N2C(C(=O)O)=C(SC3CNC(C(=O)N4CC[C@@H](N)C4)C3)[C@H](C)[C@H]12. The number of nitrogens with zero attached hydrogens (tertiary/aromatic N) is 2. The molecule has 4 aliphatic heterocycles. The van der Waals surface area contributed by atoms with Gasteiger partial charge < -0.3 is 36.6 Å². The van der Waals surface area contributed by atoms with Crippen molar-refractivity contribution in [3.05, 3.63) is 10.6 Å². The molecule has 7 atom stereocenters. The summed E-state index contributed by atoms with van der Waals surface area (Å²) >= 11 is 1.46. The van der Waals surface area contributed by atoms with E-state index in [1.165, 1.54) is 16.7 Å². The van der Waals surface area contributed by atoms with Crippen molar-refractivity contribution in [3.8, 4) is 0 Å². The smallest absolute Gasteiger partial charge is 0.353 e. The third-order valence-electron chi connectivity index (χ3n) is 7.27. The molecular weight excluding hydrogens is 460 g/mol. The highest BCUT2D eigenvalue weighted by atomic mass is 32.2. The number of nitrogens with one attached hydrogen (secondary N) is 3. The van der Waals surface area contributed by atoms with Gasteiger partial charge in [-0.05, 0) is 26.8 Å². The third-order valence-corrected chi connectivity index (χ3v) is 8.79. The lowest BCUT2D eigenvalue weighted by Gasteiger charge is -2.47. The first-order valence-corrected chi connectivity index (χ1v) is 12.7. The number of amides is 3. The monoisotopic (exact) mass is 494 g/mol. The number of carbonyl (C=O) groups is 4. The zero-order chi connectivity index (χ0) is 24.7. The number of thioether (sulfide) groups is 1. The fourth-order valence-corrected chi connectivity index (χ4v) is 7.10. The standard InChI is InChI=1S/C22H34N6O5S/c1-10-17-16(11(2)26-15(29)8-24-3)21(31)28(17)18(22(32)33)19(10)34-13-6-14(25-7-13)20(30)27-5-4-12(23)9-27/h10-14,16-17,24-25H,4-9,23H2,1-3H3,(H,26,29)(H,32,33)/t10-,11?,12-,13?,14?,16?,17-/m1/s1. The van der Waals surface area contributed by atoms with Gasteiger partial charge in [-0.1, -0.05) is 6.92 Å². The number of carbonyl (C=O) groups excluding carboxylic acids is 3. The summed E-state index contributed by atoms with van der Waals surface area (Å²) in [6.45, 7) is 5.70. The van der Waals surface area contributed by atoms with Crippen LogP contribution < -0.4 is 21.7 Å². The van der Waals surface area contributed by atoms with Crippen LogP contribution in [0.3, 0.4) is 0 Å². The molecule has 0 radical (unpaired) electrons. The van der Waals surface area contributed by atoms with E-state index in [1.54, 1.807) is 18.9 Å². The summed E-state index contributed by atoms with van der Waals surface area (Å²) in [7, 11) is 1.67. The second kappa shape index (κ2) is 9.84. The van der Waals surface area contributed by atoms with E-state index in [1.807, 2.05) is 6.92 Å².